The maximum absolute atomic E-state index is 12.1. The van der Waals surface area contributed by atoms with Crippen LogP contribution in [0.25, 0.3) is 11.2 Å². The molecule has 0 bridgehead atoms. The highest BCUT2D eigenvalue weighted by atomic mass is 32.2. The zero-order valence-corrected chi connectivity index (χ0v) is 20.2. The number of imidazole rings is 1. The van der Waals surface area contributed by atoms with Gasteiger partial charge in [0.1, 0.15) is 18.5 Å². The number of sulfone groups is 1. The normalized spacial score (nSPS) is 26.7. The van der Waals surface area contributed by atoms with E-state index < -0.39 is 41.0 Å². The van der Waals surface area contributed by atoms with Crippen molar-refractivity contribution < 1.29 is 32.9 Å². The Morgan fingerprint density at radius 3 is 2.68 bits per heavy atom. The fourth-order valence-corrected chi connectivity index (χ4v) is 5.19. The Balaban J connectivity index is 1.60. The van der Waals surface area contributed by atoms with Crippen molar-refractivity contribution in [3.8, 4) is 0 Å². The number of aromatic nitrogens is 4. The molecule has 4 heterocycles. The Labute approximate surface area is 201 Å². The van der Waals surface area contributed by atoms with Gasteiger partial charge in [-0.05, 0) is 12.2 Å². The van der Waals surface area contributed by atoms with Crippen LogP contribution in [-0.2, 0) is 24.1 Å². The number of aliphatic hydroxyl groups excluding tert-OH is 2. The minimum atomic E-state index is -3.11. The number of thiocarbonyl (C=S) groups is 1. The van der Waals surface area contributed by atoms with Crippen molar-refractivity contribution in [3.05, 3.63) is 12.7 Å². The molecule has 34 heavy (non-hydrogen) atoms. The first-order valence-corrected chi connectivity index (χ1v) is 12.9. The van der Waals surface area contributed by atoms with Crippen molar-refractivity contribution in [2.24, 2.45) is 5.92 Å². The van der Waals surface area contributed by atoms with Gasteiger partial charge in [0.2, 0.25) is 5.91 Å². The molecule has 15 heteroatoms. The summed E-state index contributed by atoms with van der Waals surface area (Å²) in [7, 11) is -3.11. The van der Waals surface area contributed by atoms with Crippen LogP contribution in [0.1, 0.15) is 20.1 Å². The van der Waals surface area contributed by atoms with Gasteiger partial charge < -0.3 is 29.9 Å². The number of nitrogens with one attached hydrogen (secondary N) is 1. The molecular formula is C19H26N6O7S2. The first-order chi connectivity index (χ1) is 16.1. The highest BCUT2D eigenvalue weighted by Gasteiger charge is 2.47. The van der Waals surface area contributed by atoms with E-state index in [9.17, 15) is 23.4 Å². The number of nitrogens with zero attached hydrogens (tertiary/aromatic N) is 5. The number of amides is 1. The predicted molar refractivity (Wildman–Crippen MR) is 123 cm³/mol. The van der Waals surface area contributed by atoms with Gasteiger partial charge in [0.05, 0.1) is 24.4 Å². The molecule has 0 aliphatic carbocycles. The van der Waals surface area contributed by atoms with Crippen molar-refractivity contribution in [1.29, 1.82) is 0 Å². The van der Waals surface area contributed by atoms with Crippen LogP contribution < -0.4 is 5.32 Å². The van der Waals surface area contributed by atoms with Gasteiger partial charge in [-0.1, -0.05) is 13.8 Å². The van der Waals surface area contributed by atoms with Crippen molar-refractivity contribution in [2.75, 3.05) is 36.5 Å². The van der Waals surface area contributed by atoms with Crippen molar-refractivity contribution >= 4 is 50.1 Å². The summed E-state index contributed by atoms with van der Waals surface area (Å²) in [5.74, 6) is -0.373. The molecule has 4 atom stereocenters. The molecule has 3 N–H and O–H groups in total. The Morgan fingerprint density at radius 1 is 1.32 bits per heavy atom. The van der Waals surface area contributed by atoms with Gasteiger partial charge in [0, 0.05) is 19.0 Å². The van der Waals surface area contributed by atoms with Crippen LogP contribution in [0.2, 0.25) is 0 Å². The summed E-state index contributed by atoms with van der Waals surface area (Å²) >= 11 is 5.37. The fraction of sp³-hybridized carbons (Fsp3) is 0.632. The minimum Gasteiger partial charge on any atom is -0.460 e. The standard InChI is InChI=1S/C19H26N6O7S2/c1-10(2)17(28)23-15-12-16(21-8-20-15)25(9-22-12)18-14(13(27)11(7-26)31-18)32-19(33)24-3-5-34(29,30)6-4-24/h8-11,13-14,18,26-27H,3-7H2,1-2H3,(H,20,21,23,28)/t11-,13?,14?,18-/m1/s1. The van der Waals surface area contributed by atoms with E-state index in [1.165, 1.54) is 17.2 Å². The van der Waals surface area contributed by atoms with Gasteiger partial charge in [-0.15, -0.1) is 0 Å². The van der Waals surface area contributed by atoms with Crippen LogP contribution >= 0.6 is 12.2 Å². The third kappa shape index (κ3) is 4.84. The van der Waals surface area contributed by atoms with E-state index in [2.05, 4.69) is 20.3 Å². The summed E-state index contributed by atoms with van der Waals surface area (Å²) in [6.07, 6.45) is -1.52. The van der Waals surface area contributed by atoms with Gasteiger partial charge in [0.25, 0.3) is 5.17 Å². The molecule has 0 spiro atoms. The molecule has 2 saturated heterocycles. The van der Waals surface area contributed by atoms with Crippen LogP contribution in [0.5, 0.6) is 0 Å². The molecule has 0 radical (unpaired) electrons. The van der Waals surface area contributed by atoms with Gasteiger partial charge in [-0.2, -0.15) is 0 Å². The van der Waals surface area contributed by atoms with Gasteiger partial charge in [-0.3, -0.25) is 9.36 Å². The Kier molecular flexibility index (Phi) is 7.00. The summed E-state index contributed by atoms with van der Waals surface area (Å²) in [4.78, 5) is 26.4. The average molecular weight is 515 g/mol. The minimum absolute atomic E-state index is 0.0232. The second-order valence-electron chi connectivity index (χ2n) is 8.42. The summed E-state index contributed by atoms with van der Waals surface area (Å²) in [5.41, 5.74) is 0.623. The number of aliphatic hydroxyl groups is 2. The molecule has 2 aromatic heterocycles. The van der Waals surface area contributed by atoms with Crippen LogP contribution in [0.3, 0.4) is 0 Å². The van der Waals surface area contributed by atoms with Gasteiger partial charge in [0.15, 0.2) is 39.2 Å². The Hall–Kier alpha value is -2.46. The van der Waals surface area contributed by atoms with E-state index in [4.69, 9.17) is 21.7 Å². The molecule has 2 aliphatic rings. The highest BCUT2D eigenvalue weighted by Crippen LogP contribution is 2.34. The van der Waals surface area contributed by atoms with E-state index in [1.54, 1.807) is 18.7 Å². The molecule has 13 nitrogen and oxygen atoms in total. The maximum Gasteiger partial charge on any atom is 0.259 e. The number of ether oxygens (including phenoxy) is 2. The summed E-state index contributed by atoms with van der Waals surface area (Å²) in [6, 6.07) is 0. The summed E-state index contributed by atoms with van der Waals surface area (Å²) < 4.78 is 36.7. The molecule has 0 saturated carbocycles. The zero-order valence-electron chi connectivity index (χ0n) is 18.6. The average Bonchev–Trinajstić information content (AvgIpc) is 3.35. The monoisotopic (exact) mass is 514 g/mol. The molecule has 4 rings (SSSR count). The van der Waals surface area contributed by atoms with Crippen LogP contribution in [0.4, 0.5) is 5.82 Å². The molecule has 1 amide bonds. The predicted octanol–water partition coefficient (Wildman–Crippen LogP) is -0.928. The lowest BCUT2D eigenvalue weighted by atomic mass is 10.1. The lowest BCUT2D eigenvalue weighted by molar-refractivity contribution is -0.118. The number of rotatable bonds is 5. The second kappa shape index (κ2) is 9.65. The molecule has 186 valence electrons. The fourth-order valence-electron chi connectivity index (χ4n) is 3.70. The van der Waals surface area contributed by atoms with E-state index in [0.29, 0.717) is 11.2 Å². The Morgan fingerprint density at radius 2 is 2.03 bits per heavy atom. The van der Waals surface area contributed by atoms with Crippen molar-refractivity contribution in [2.45, 2.75) is 38.4 Å². The zero-order chi connectivity index (χ0) is 24.6. The summed E-state index contributed by atoms with van der Waals surface area (Å²) in [5, 5.41) is 23.1. The van der Waals surface area contributed by atoms with E-state index in [0.717, 1.165) is 0 Å². The molecule has 0 aromatic carbocycles. The van der Waals surface area contributed by atoms with Crippen LogP contribution in [0, 0.1) is 5.92 Å². The lowest BCUT2D eigenvalue weighted by Gasteiger charge is -2.31. The maximum atomic E-state index is 12.1. The molecule has 2 unspecified atom stereocenters. The van der Waals surface area contributed by atoms with Crippen molar-refractivity contribution in [3.63, 3.8) is 0 Å². The number of anilines is 1. The molecular weight excluding hydrogens is 488 g/mol. The summed E-state index contributed by atoms with van der Waals surface area (Å²) in [6.45, 7) is 3.39. The van der Waals surface area contributed by atoms with Crippen molar-refractivity contribution in [1.82, 2.24) is 24.4 Å². The van der Waals surface area contributed by atoms with Gasteiger partial charge in [-0.25, -0.2) is 23.4 Å². The smallest absolute Gasteiger partial charge is 0.259 e. The third-order valence-corrected chi connectivity index (χ3v) is 7.69. The highest BCUT2D eigenvalue weighted by molar-refractivity contribution is 7.91. The van der Waals surface area contributed by atoms with E-state index in [-0.39, 0.29) is 47.4 Å². The SMILES string of the molecule is CC(C)C(=O)Nc1ncnc2c1ncn2[C@@H]1O[C@H](CO)C(O)C1OC(=S)N1CCS(=O)(=O)CC1. The molecule has 2 fully saturated rings. The molecule has 2 aromatic rings. The third-order valence-electron chi connectivity index (χ3n) is 5.73. The van der Waals surface area contributed by atoms with Crippen LogP contribution in [0.15, 0.2) is 12.7 Å². The lowest BCUT2D eigenvalue weighted by Crippen LogP contribution is -2.47. The van der Waals surface area contributed by atoms with E-state index >= 15 is 0 Å². The quantitative estimate of drug-likeness (QED) is 0.420. The number of fused-ring (bicyclic) bond motifs is 1. The number of carbonyl (C=O) groups is 1. The number of carbonyl (C=O) groups excluding carboxylic acids is 1. The topological polar surface area (TPSA) is 169 Å². The van der Waals surface area contributed by atoms with Crippen LogP contribution in [-0.4, -0.2) is 104 Å². The molecule has 2 aliphatic heterocycles. The first kappa shape index (κ1) is 24.7. The number of hydrogen-bond acceptors (Lipinski definition) is 11. The van der Waals surface area contributed by atoms with E-state index in [1.807, 2.05) is 0 Å². The number of hydrogen-bond donors (Lipinski definition) is 3. The Bertz CT molecular complexity index is 1170. The van der Waals surface area contributed by atoms with Gasteiger partial charge >= 0.3 is 0 Å². The second-order valence-corrected chi connectivity index (χ2v) is 11.1. The largest absolute Gasteiger partial charge is 0.460 e. The first-order valence-electron chi connectivity index (χ1n) is 10.7.